The molecule has 0 spiro atoms. The van der Waals surface area contributed by atoms with Gasteiger partial charge in [-0.25, -0.2) is 0 Å². The van der Waals surface area contributed by atoms with E-state index in [4.69, 9.17) is 5.73 Å². The van der Waals surface area contributed by atoms with E-state index in [1.807, 2.05) is 25.2 Å². The first-order valence-electron chi connectivity index (χ1n) is 8.85. The molecule has 0 bridgehead atoms. The van der Waals surface area contributed by atoms with Gasteiger partial charge in [0.05, 0.1) is 11.7 Å². The second-order valence-electron chi connectivity index (χ2n) is 6.95. The Morgan fingerprint density at radius 2 is 2.15 bits per heavy atom. The van der Waals surface area contributed by atoms with Crippen molar-refractivity contribution >= 4 is 34.2 Å². The number of hydrogen-bond donors (Lipinski definition) is 3. The average molecular weight is 352 g/mol. The van der Waals surface area contributed by atoms with E-state index in [-0.39, 0.29) is 0 Å². The summed E-state index contributed by atoms with van der Waals surface area (Å²) < 4.78 is 0. The molecule has 1 saturated heterocycles. The van der Waals surface area contributed by atoms with Gasteiger partial charge in [-0.15, -0.1) is 0 Å². The first-order valence-corrected chi connectivity index (χ1v) is 8.85. The quantitative estimate of drug-likeness (QED) is 0.661. The SMILES string of the molecule is CN(C)c1cc(N)nc(N2CCCC(Nc3ccc4[nH]ncc4c3)C2)n1. The fraction of sp³-hybridized carbons (Fsp3) is 0.389. The summed E-state index contributed by atoms with van der Waals surface area (Å²) in [6.07, 6.45) is 4.04. The number of benzene rings is 1. The maximum absolute atomic E-state index is 5.98. The number of nitrogens with two attached hydrogens (primary N) is 1. The van der Waals surface area contributed by atoms with Crippen molar-refractivity contribution in [3.05, 3.63) is 30.5 Å². The molecule has 0 aliphatic carbocycles. The van der Waals surface area contributed by atoms with Gasteiger partial charge in [-0.05, 0) is 31.0 Å². The second-order valence-corrected chi connectivity index (χ2v) is 6.95. The van der Waals surface area contributed by atoms with Crippen LogP contribution in [0.2, 0.25) is 0 Å². The summed E-state index contributed by atoms with van der Waals surface area (Å²) in [6.45, 7) is 1.79. The third-order valence-corrected chi connectivity index (χ3v) is 4.69. The van der Waals surface area contributed by atoms with Crippen molar-refractivity contribution in [1.82, 2.24) is 20.2 Å². The Balaban J connectivity index is 1.50. The smallest absolute Gasteiger partial charge is 0.229 e. The predicted molar refractivity (Wildman–Crippen MR) is 106 cm³/mol. The van der Waals surface area contributed by atoms with Gasteiger partial charge in [0.25, 0.3) is 0 Å². The number of H-pyrrole nitrogens is 1. The summed E-state index contributed by atoms with van der Waals surface area (Å²) in [5.41, 5.74) is 8.13. The normalized spacial score (nSPS) is 17.5. The summed E-state index contributed by atoms with van der Waals surface area (Å²) in [5.74, 6) is 2.03. The predicted octanol–water partition coefficient (Wildman–Crippen LogP) is 2.08. The second kappa shape index (κ2) is 6.70. The average Bonchev–Trinajstić information content (AvgIpc) is 3.09. The summed E-state index contributed by atoms with van der Waals surface area (Å²) in [5, 5.41) is 11.8. The fourth-order valence-corrected chi connectivity index (χ4v) is 3.36. The van der Waals surface area contributed by atoms with Gasteiger partial charge >= 0.3 is 0 Å². The molecule has 1 aliphatic rings. The number of rotatable bonds is 4. The zero-order chi connectivity index (χ0) is 18.1. The summed E-state index contributed by atoms with van der Waals surface area (Å²) >= 11 is 0. The van der Waals surface area contributed by atoms with Gasteiger partial charge in [0, 0.05) is 50.4 Å². The Kier molecular flexibility index (Phi) is 4.24. The Labute approximate surface area is 152 Å². The first-order chi connectivity index (χ1) is 12.6. The van der Waals surface area contributed by atoms with Crippen molar-refractivity contribution in [1.29, 1.82) is 0 Å². The van der Waals surface area contributed by atoms with Crippen molar-refractivity contribution in [3.8, 4) is 0 Å². The van der Waals surface area contributed by atoms with E-state index in [1.165, 1.54) is 0 Å². The molecule has 1 unspecified atom stereocenters. The van der Waals surface area contributed by atoms with Crippen molar-refractivity contribution in [2.75, 3.05) is 48.0 Å². The maximum Gasteiger partial charge on any atom is 0.229 e. The van der Waals surface area contributed by atoms with Crippen LogP contribution >= 0.6 is 0 Å². The Morgan fingerprint density at radius 3 is 3.00 bits per heavy atom. The Hall–Kier alpha value is -3.03. The number of hydrogen-bond acceptors (Lipinski definition) is 7. The van der Waals surface area contributed by atoms with E-state index in [2.05, 4.69) is 48.6 Å². The lowest BCUT2D eigenvalue weighted by molar-refractivity contribution is 0.523. The van der Waals surface area contributed by atoms with Gasteiger partial charge in [-0.1, -0.05) is 0 Å². The van der Waals surface area contributed by atoms with Crippen LogP contribution in [-0.2, 0) is 0 Å². The lowest BCUT2D eigenvalue weighted by Crippen LogP contribution is -2.43. The topological polar surface area (TPSA) is 99.0 Å². The van der Waals surface area contributed by atoms with Gasteiger partial charge in [0.2, 0.25) is 5.95 Å². The molecular formula is C18H24N8. The number of nitrogen functional groups attached to an aromatic ring is 1. The molecule has 3 aromatic rings. The number of aromatic nitrogens is 4. The number of anilines is 4. The third-order valence-electron chi connectivity index (χ3n) is 4.69. The van der Waals surface area contributed by atoms with Crippen LogP contribution in [-0.4, -0.2) is 53.4 Å². The highest BCUT2D eigenvalue weighted by Crippen LogP contribution is 2.24. The molecule has 4 rings (SSSR count). The maximum atomic E-state index is 5.98. The van der Waals surface area contributed by atoms with E-state index in [1.54, 1.807) is 6.07 Å². The van der Waals surface area contributed by atoms with Crippen LogP contribution in [0.15, 0.2) is 30.5 Å². The van der Waals surface area contributed by atoms with Crippen molar-refractivity contribution in [2.45, 2.75) is 18.9 Å². The molecule has 1 aliphatic heterocycles. The third kappa shape index (κ3) is 3.35. The van der Waals surface area contributed by atoms with Gasteiger partial charge < -0.3 is 20.9 Å². The monoisotopic (exact) mass is 352 g/mol. The molecule has 0 radical (unpaired) electrons. The van der Waals surface area contributed by atoms with Crippen LogP contribution in [0.5, 0.6) is 0 Å². The fourth-order valence-electron chi connectivity index (χ4n) is 3.36. The van der Waals surface area contributed by atoms with Gasteiger partial charge in [0.15, 0.2) is 0 Å². The van der Waals surface area contributed by atoms with Crippen LogP contribution in [0.4, 0.5) is 23.3 Å². The molecule has 8 heteroatoms. The van der Waals surface area contributed by atoms with E-state index in [9.17, 15) is 0 Å². The number of piperidine rings is 1. The number of nitrogens with one attached hydrogen (secondary N) is 2. The number of nitrogens with zero attached hydrogens (tertiary/aromatic N) is 5. The van der Waals surface area contributed by atoms with E-state index in [0.717, 1.165) is 48.3 Å². The van der Waals surface area contributed by atoms with E-state index < -0.39 is 0 Å². The van der Waals surface area contributed by atoms with Crippen LogP contribution in [0.25, 0.3) is 10.9 Å². The molecule has 26 heavy (non-hydrogen) atoms. The molecule has 1 atom stereocenters. The number of aromatic amines is 1. The zero-order valence-corrected chi connectivity index (χ0v) is 15.1. The van der Waals surface area contributed by atoms with Gasteiger partial charge in [-0.3, -0.25) is 5.10 Å². The summed E-state index contributed by atoms with van der Waals surface area (Å²) in [4.78, 5) is 13.2. The molecule has 0 saturated carbocycles. The lowest BCUT2D eigenvalue weighted by atomic mass is 10.1. The van der Waals surface area contributed by atoms with Gasteiger partial charge in [0.1, 0.15) is 11.6 Å². The summed E-state index contributed by atoms with van der Waals surface area (Å²) in [7, 11) is 3.91. The van der Waals surface area contributed by atoms with Crippen molar-refractivity contribution in [3.63, 3.8) is 0 Å². The van der Waals surface area contributed by atoms with E-state index in [0.29, 0.717) is 17.8 Å². The minimum absolute atomic E-state index is 0.334. The highest BCUT2D eigenvalue weighted by molar-refractivity contribution is 5.81. The molecule has 8 nitrogen and oxygen atoms in total. The molecule has 1 aromatic carbocycles. The summed E-state index contributed by atoms with van der Waals surface area (Å²) in [6, 6.07) is 8.39. The highest BCUT2D eigenvalue weighted by atomic mass is 15.3. The minimum atomic E-state index is 0.334. The Bertz CT molecular complexity index is 903. The first kappa shape index (κ1) is 16.4. The zero-order valence-electron chi connectivity index (χ0n) is 15.1. The molecular weight excluding hydrogens is 328 g/mol. The Morgan fingerprint density at radius 1 is 1.27 bits per heavy atom. The molecule has 136 valence electrons. The molecule has 1 fully saturated rings. The van der Waals surface area contributed by atoms with Gasteiger partial charge in [-0.2, -0.15) is 15.1 Å². The number of fused-ring (bicyclic) bond motifs is 1. The van der Waals surface area contributed by atoms with Crippen LogP contribution in [0.1, 0.15) is 12.8 Å². The molecule has 4 N–H and O–H groups in total. The van der Waals surface area contributed by atoms with E-state index >= 15 is 0 Å². The van der Waals surface area contributed by atoms with Crippen molar-refractivity contribution < 1.29 is 0 Å². The highest BCUT2D eigenvalue weighted by Gasteiger charge is 2.22. The largest absolute Gasteiger partial charge is 0.383 e. The standard InChI is InChI=1S/C18H24N8/c1-25(2)17-9-16(19)22-18(23-17)26-7-3-4-14(11-26)21-13-5-6-15-12(8-13)10-20-24-15/h5-6,8-10,14,21H,3-4,7,11H2,1-2H3,(H,20,24)(H2,19,22,23). The van der Waals surface area contributed by atoms with Crippen molar-refractivity contribution in [2.24, 2.45) is 0 Å². The molecule has 3 heterocycles. The van der Waals surface area contributed by atoms with Crippen LogP contribution in [0, 0.1) is 0 Å². The minimum Gasteiger partial charge on any atom is -0.383 e. The lowest BCUT2D eigenvalue weighted by Gasteiger charge is -2.34. The molecule has 2 aromatic heterocycles. The van der Waals surface area contributed by atoms with Crippen LogP contribution < -0.4 is 20.9 Å². The molecule has 0 amide bonds. The van der Waals surface area contributed by atoms with Crippen LogP contribution in [0.3, 0.4) is 0 Å².